The Bertz CT molecular complexity index is 384. The molecule has 0 aromatic rings. The monoisotopic (exact) mass is 325 g/mol. The molecular weight excluding hydrogens is 290 g/mol. The zero-order valence-electron chi connectivity index (χ0n) is 15.6. The van der Waals surface area contributed by atoms with E-state index in [-0.39, 0.29) is 6.09 Å². The van der Waals surface area contributed by atoms with Crippen molar-refractivity contribution >= 4 is 6.09 Å². The van der Waals surface area contributed by atoms with Crippen LogP contribution in [-0.2, 0) is 4.74 Å². The van der Waals surface area contributed by atoms with Crippen LogP contribution < -0.4 is 5.32 Å². The first-order chi connectivity index (χ1) is 10.7. The Kier molecular flexibility index (Phi) is 6.32. The summed E-state index contributed by atoms with van der Waals surface area (Å²) >= 11 is 0. The highest BCUT2D eigenvalue weighted by Gasteiger charge is 2.30. The number of nitrogens with zero attached hydrogens (tertiary/aromatic N) is 2. The summed E-state index contributed by atoms with van der Waals surface area (Å²) < 4.78 is 5.46. The van der Waals surface area contributed by atoms with E-state index in [0.29, 0.717) is 18.0 Å². The maximum absolute atomic E-state index is 12.1. The van der Waals surface area contributed by atoms with E-state index in [2.05, 4.69) is 24.1 Å². The summed E-state index contributed by atoms with van der Waals surface area (Å²) in [4.78, 5) is 16.5. The number of nitrogens with one attached hydrogen (secondary N) is 1. The van der Waals surface area contributed by atoms with Crippen LogP contribution in [0.5, 0.6) is 0 Å². The Labute approximate surface area is 141 Å². The summed E-state index contributed by atoms with van der Waals surface area (Å²) in [7, 11) is 0. The van der Waals surface area contributed by atoms with Gasteiger partial charge in [0.15, 0.2) is 0 Å². The summed E-state index contributed by atoms with van der Waals surface area (Å²) in [6.07, 6.45) is 3.39. The molecule has 0 aromatic heterocycles. The molecule has 2 saturated heterocycles. The number of ether oxygens (including phenoxy) is 1. The van der Waals surface area contributed by atoms with E-state index in [9.17, 15) is 4.79 Å². The summed E-state index contributed by atoms with van der Waals surface area (Å²) in [5.41, 5.74) is -0.405. The lowest BCUT2D eigenvalue weighted by molar-refractivity contribution is 0.0288. The number of hydrogen-bond acceptors (Lipinski definition) is 4. The van der Waals surface area contributed by atoms with Crippen molar-refractivity contribution in [1.29, 1.82) is 0 Å². The fraction of sp³-hybridized carbons (Fsp3) is 0.944. The highest BCUT2D eigenvalue weighted by Crippen LogP contribution is 2.20. The summed E-state index contributed by atoms with van der Waals surface area (Å²) in [5.74, 6) is 0.561. The molecule has 2 heterocycles. The lowest BCUT2D eigenvalue weighted by atomic mass is 10.0. The van der Waals surface area contributed by atoms with Crippen LogP contribution in [-0.4, -0.2) is 66.3 Å². The van der Waals surface area contributed by atoms with Crippen molar-refractivity contribution in [2.24, 2.45) is 5.92 Å². The van der Waals surface area contributed by atoms with Gasteiger partial charge in [0.25, 0.3) is 0 Å². The lowest BCUT2D eigenvalue weighted by Gasteiger charge is -2.35. The van der Waals surface area contributed by atoms with Gasteiger partial charge in [-0.15, -0.1) is 0 Å². The zero-order chi connectivity index (χ0) is 17.0. The van der Waals surface area contributed by atoms with Crippen molar-refractivity contribution in [1.82, 2.24) is 15.1 Å². The van der Waals surface area contributed by atoms with Crippen LogP contribution in [0.4, 0.5) is 4.79 Å². The molecule has 0 spiro atoms. The molecule has 1 unspecified atom stereocenters. The van der Waals surface area contributed by atoms with Crippen molar-refractivity contribution in [3.05, 3.63) is 0 Å². The zero-order valence-corrected chi connectivity index (χ0v) is 15.6. The van der Waals surface area contributed by atoms with E-state index in [4.69, 9.17) is 4.74 Å². The third-order valence-corrected chi connectivity index (χ3v) is 4.89. The van der Waals surface area contributed by atoms with Gasteiger partial charge in [0.2, 0.25) is 0 Å². The molecule has 0 aliphatic carbocycles. The number of rotatable bonds is 4. The Morgan fingerprint density at radius 3 is 2.39 bits per heavy atom. The first-order valence-electron chi connectivity index (χ1n) is 9.20. The number of carbonyl (C=O) groups is 1. The van der Waals surface area contributed by atoms with Gasteiger partial charge < -0.3 is 19.9 Å². The third kappa shape index (κ3) is 5.96. The predicted octanol–water partition coefficient (Wildman–Crippen LogP) is 2.71. The largest absolute Gasteiger partial charge is 0.444 e. The highest BCUT2D eigenvalue weighted by molar-refractivity contribution is 5.68. The highest BCUT2D eigenvalue weighted by atomic mass is 16.6. The quantitative estimate of drug-likeness (QED) is 0.863. The smallest absolute Gasteiger partial charge is 0.410 e. The Morgan fingerprint density at radius 2 is 1.83 bits per heavy atom. The molecule has 1 amide bonds. The van der Waals surface area contributed by atoms with Gasteiger partial charge in [-0.25, -0.2) is 4.79 Å². The number of piperidine rings is 1. The molecule has 0 saturated carbocycles. The first-order valence-corrected chi connectivity index (χ1v) is 9.20. The van der Waals surface area contributed by atoms with Crippen molar-refractivity contribution < 1.29 is 9.53 Å². The molecule has 0 bridgehead atoms. The van der Waals surface area contributed by atoms with E-state index in [1.54, 1.807) is 0 Å². The van der Waals surface area contributed by atoms with Crippen molar-refractivity contribution in [3.8, 4) is 0 Å². The summed E-state index contributed by atoms with van der Waals surface area (Å²) in [6.45, 7) is 15.4. The average molecular weight is 325 g/mol. The number of amides is 1. The van der Waals surface area contributed by atoms with Gasteiger partial charge in [-0.2, -0.15) is 0 Å². The number of carbonyl (C=O) groups excluding carboxylic acids is 1. The van der Waals surface area contributed by atoms with Gasteiger partial charge in [-0.3, -0.25) is 0 Å². The second-order valence-corrected chi connectivity index (χ2v) is 8.39. The molecule has 2 fully saturated rings. The SMILES string of the molecule is CC(C)N1CCC(NCC2CCN(C(=O)OC(C)(C)C)C2)CC1. The Balaban J connectivity index is 1.66. The normalized spacial score (nSPS) is 24.4. The van der Waals surface area contributed by atoms with Crippen LogP contribution in [0.2, 0.25) is 0 Å². The second-order valence-electron chi connectivity index (χ2n) is 8.39. The molecule has 2 rings (SSSR count). The molecule has 2 aliphatic rings. The van der Waals surface area contributed by atoms with E-state index >= 15 is 0 Å². The molecule has 1 atom stereocenters. The van der Waals surface area contributed by atoms with Gasteiger partial charge in [-0.1, -0.05) is 0 Å². The number of hydrogen-bond donors (Lipinski definition) is 1. The predicted molar refractivity (Wildman–Crippen MR) is 93.6 cm³/mol. The molecule has 0 aromatic carbocycles. The van der Waals surface area contributed by atoms with Crippen molar-refractivity contribution in [2.75, 3.05) is 32.7 Å². The minimum absolute atomic E-state index is 0.162. The van der Waals surface area contributed by atoms with Gasteiger partial charge in [0.1, 0.15) is 5.60 Å². The number of likely N-dealkylation sites (tertiary alicyclic amines) is 2. The van der Waals surface area contributed by atoms with Crippen LogP contribution in [0.15, 0.2) is 0 Å². The van der Waals surface area contributed by atoms with E-state index < -0.39 is 5.60 Å². The molecule has 2 aliphatic heterocycles. The third-order valence-electron chi connectivity index (χ3n) is 4.89. The van der Waals surface area contributed by atoms with Gasteiger partial charge in [-0.05, 0) is 79.4 Å². The average Bonchev–Trinajstić information content (AvgIpc) is 2.93. The fourth-order valence-corrected chi connectivity index (χ4v) is 3.44. The minimum Gasteiger partial charge on any atom is -0.444 e. The molecule has 5 nitrogen and oxygen atoms in total. The van der Waals surface area contributed by atoms with E-state index in [1.807, 2.05) is 25.7 Å². The summed E-state index contributed by atoms with van der Waals surface area (Å²) in [5, 5.41) is 3.73. The van der Waals surface area contributed by atoms with Gasteiger partial charge >= 0.3 is 6.09 Å². The molecular formula is C18H35N3O2. The Hall–Kier alpha value is -0.810. The van der Waals surface area contributed by atoms with Crippen LogP contribution in [0.25, 0.3) is 0 Å². The molecule has 23 heavy (non-hydrogen) atoms. The van der Waals surface area contributed by atoms with E-state index in [1.165, 1.54) is 25.9 Å². The Morgan fingerprint density at radius 1 is 1.17 bits per heavy atom. The molecule has 134 valence electrons. The van der Waals surface area contributed by atoms with E-state index in [0.717, 1.165) is 26.1 Å². The maximum Gasteiger partial charge on any atom is 0.410 e. The summed E-state index contributed by atoms with van der Waals surface area (Å²) in [6, 6.07) is 1.30. The van der Waals surface area contributed by atoms with Crippen LogP contribution in [0, 0.1) is 5.92 Å². The standard InChI is InChI=1S/C18H35N3O2/c1-14(2)20-10-7-16(8-11-20)19-12-15-6-9-21(13-15)17(22)23-18(3,4)5/h14-16,19H,6-13H2,1-5H3. The molecule has 0 radical (unpaired) electrons. The topological polar surface area (TPSA) is 44.8 Å². The first kappa shape index (κ1) is 18.5. The second kappa shape index (κ2) is 7.84. The van der Waals surface area contributed by atoms with Gasteiger partial charge in [0, 0.05) is 25.2 Å². The van der Waals surface area contributed by atoms with Crippen molar-refractivity contribution in [2.45, 2.75) is 71.6 Å². The lowest BCUT2D eigenvalue weighted by Crippen LogP contribution is -2.46. The maximum atomic E-state index is 12.1. The molecule has 5 heteroatoms. The van der Waals surface area contributed by atoms with Crippen LogP contribution in [0.3, 0.4) is 0 Å². The van der Waals surface area contributed by atoms with Crippen LogP contribution >= 0.6 is 0 Å². The fourth-order valence-electron chi connectivity index (χ4n) is 3.44. The molecule has 1 N–H and O–H groups in total. The van der Waals surface area contributed by atoms with Crippen LogP contribution in [0.1, 0.15) is 53.9 Å². The van der Waals surface area contributed by atoms with Gasteiger partial charge in [0.05, 0.1) is 0 Å². The van der Waals surface area contributed by atoms with Crippen molar-refractivity contribution in [3.63, 3.8) is 0 Å². The minimum atomic E-state index is -0.405.